The number of fused-ring (bicyclic) bond motifs is 1. The van der Waals surface area contributed by atoms with Crippen LogP contribution in [0.2, 0.25) is 0 Å². The highest BCUT2D eigenvalue weighted by Crippen LogP contribution is 2.32. The fourth-order valence-corrected chi connectivity index (χ4v) is 7.52. The normalized spacial score (nSPS) is 29.8. The number of carbonyl (C=O) groups excluding carboxylic acids is 3. The Morgan fingerprint density at radius 2 is 1.95 bits per heavy atom. The van der Waals surface area contributed by atoms with E-state index in [-0.39, 0.29) is 34.4 Å². The minimum Gasteiger partial charge on any atom is -0.353 e. The van der Waals surface area contributed by atoms with Gasteiger partial charge in [0, 0.05) is 30.6 Å². The summed E-state index contributed by atoms with van der Waals surface area (Å²) in [5.41, 5.74) is 6.39. The second kappa shape index (κ2) is 11.4. The molecule has 3 unspecified atom stereocenters. The molecule has 2 aromatic rings. The number of anilines is 1. The number of nitrogens with zero attached hydrogens (tertiary/aromatic N) is 3. The quantitative estimate of drug-likeness (QED) is 0.385. The number of piperazine rings is 1. The summed E-state index contributed by atoms with van der Waals surface area (Å²) >= 11 is 1.64. The number of carbonyl (C=O) groups is 3. The van der Waals surface area contributed by atoms with Gasteiger partial charge in [-0.15, -0.1) is 15.9 Å². The van der Waals surface area contributed by atoms with E-state index in [1.54, 1.807) is 18.4 Å². The highest BCUT2D eigenvalue weighted by Gasteiger charge is 2.42. The molecule has 1 aromatic carbocycles. The average Bonchev–Trinajstić information content (AvgIpc) is 3.43. The largest absolute Gasteiger partial charge is 0.385 e. The molecule has 10 nitrogen and oxygen atoms in total. The summed E-state index contributed by atoms with van der Waals surface area (Å²) in [6.07, 6.45) is 9.45. The summed E-state index contributed by atoms with van der Waals surface area (Å²) in [7, 11) is 3.76. The molecule has 0 spiro atoms. The van der Waals surface area contributed by atoms with Gasteiger partial charge in [0.2, 0.25) is 5.91 Å². The Morgan fingerprint density at radius 1 is 1.17 bits per heavy atom. The number of amides is 3. The zero-order chi connectivity index (χ0) is 29.5. The number of piperidine rings is 1. The molecule has 11 heteroatoms. The third kappa shape index (κ3) is 5.42. The maximum absolute atomic E-state index is 13.0. The molecule has 2 saturated heterocycles. The van der Waals surface area contributed by atoms with Gasteiger partial charge in [-0.2, -0.15) is 0 Å². The van der Waals surface area contributed by atoms with Crippen molar-refractivity contribution >= 4 is 41.0 Å². The third-order valence-corrected chi connectivity index (χ3v) is 10.5. The van der Waals surface area contributed by atoms with E-state index in [9.17, 15) is 14.4 Å². The predicted octanol–water partition coefficient (Wildman–Crippen LogP) is 2.68. The summed E-state index contributed by atoms with van der Waals surface area (Å²) < 4.78 is -0.156. The molecule has 1 aliphatic carbocycles. The van der Waals surface area contributed by atoms with Gasteiger partial charge in [0.05, 0.1) is 16.6 Å². The van der Waals surface area contributed by atoms with Crippen LogP contribution < -0.4 is 21.4 Å². The molecule has 4 atom stereocenters. The number of thiophene rings is 1. The Hall–Kier alpha value is -3.38. The lowest BCUT2D eigenvalue weighted by Crippen LogP contribution is -2.59. The maximum atomic E-state index is 13.0. The van der Waals surface area contributed by atoms with Crippen molar-refractivity contribution in [2.24, 2.45) is 4.99 Å². The Morgan fingerprint density at radius 3 is 2.67 bits per heavy atom. The van der Waals surface area contributed by atoms with E-state index in [2.05, 4.69) is 37.3 Å². The molecule has 1 aromatic heterocycles. The van der Waals surface area contributed by atoms with Crippen LogP contribution in [-0.2, 0) is 28.0 Å². The first kappa shape index (κ1) is 28.7. The Labute approximate surface area is 250 Å². The summed E-state index contributed by atoms with van der Waals surface area (Å²) in [6, 6.07) is 9.80. The molecule has 4 heterocycles. The van der Waals surface area contributed by atoms with Crippen LogP contribution in [0.4, 0.5) is 5.69 Å². The molecule has 4 N–H and O–H groups in total. The number of benzene rings is 1. The van der Waals surface area contributed by atoms with Crippen molar-refractivity contribution in [1.29, 1.82) is 0 Å². The Kier molecular flexibility index (Phi) is 7.77. The van der Waals surface area contributed by atoms with Crippen molar-refractivity contribution in [3.63, 3.8) is 0 Å². The molecule has 3 aliphatic heterocycles. The van der Waals surface area contributed by atoms with Crippen molar-refractivity contribution in [3.05, 3.63) is 63.1 Å². The highest BCUT2D eigenvalue weighted by atomic mass is 32.1. The molecule has 4 aliphatic rings. The smallest absolute Gasteiger partial charge is 0.353 e. The molecular formula is C31H40N7O3S+. The second-order valence-electron chi connectivity index (χ2n) is 12.1. The van der Waals surface area contributed by atoms with Crippen LogP contribution in [0.25, 0.3) is 0 Å². The number of hydrogen-bond donors (Lipinski definition) is 4. The maximum Gasteiger partial charge on any atom is 0.385 e. The number of rotatable bonds is 6. The zero-order valence-corrected chi connectivity index (χ0v) is 25.4. The average molecular weight is 591 g/mol. The topological polar surface area (TPSA) is 115 Å². The molecular weight excluding hydrogens is 550 g/mol. The minimum absolute atomic E-state index is 0.0153. The van der Waals surface area contributed by atoms with E-state index < -0.39 is 5.54 Å². The van der Waals surface area contributed by atoms with Gasteiger partial charge in [0.25, 0.3) is 5.91 Å². The van der Waals surface area contributed by atoms with Gasteiger partial charge < -0.3 is 16.0 Å². The minimum atomic E-state index is -0.747. The van der Waals surface area contributed by atoms with Gasteiger partial charge in [0.1, 0.15) is 24.5 Å². The van der Waals surface area contributed by atoms with Gasteiger partial charge in [0.15, 0.2) is 6.20 Å². The van der Waals surface area contributed by atoms with E-state index in [0.717, 1.165) is 54.1 Å². The zero-order valence-electron chi connectivity index (χ0n) is 24.5. The summed E-state index contributed by atoms with van der Waals surface area (Å²) in [5.74, 6) is -0.178. The van der Waals surface area contributed by atoms with Gasteiger partial charge in [-0.05, 0) is 81.8 Å². The molecule has 0 bridgehead atoms. The monoisotopic (exact) mass is 590 g/mol. The molecule has 222 valence electrons. The first-order chi connectivity index (χ1) is 20.2. The van der Waals surface area contributed by atoms with Crippen LogP contribution >= 0.6 is 11.3 Å². The van der Waals surface area contributed by atoms with E-state index in [1.807, 2.05) is 44.4 Å². The first-order valence-corrected chi connectivity index (χ1v) is 15.7. The number of likely N-dealkylation sites (N-methyl/N-ethyl adjacent to an activating group) is 1. The van der Waals surface area contributed by atoms with Crippen molar-refractivity contribution in [2.45, 2.75) is 63.1 Å². The fraction of sp³-hybridized carbons (Fsp3) is 0.484. The number of quaternary nitrogens is 1. The van der Waals surface area contributed by atoms with Crippen LogP contribution in [-0.4, -0.2) is 79.2 Å². The number of aliphatic imine (C=N–C) groups is 1. The van der Waals surface area contributed by atoms with Crippen molar-refractivity contribution in [3.8, 4) is 0 Å². The van der Waals surface area contributed by atoms with Crippen molar-refractivity contribution < 1.29 is 19.0 Å². The lowest BCUT2D eigenvalue weighted by molar-refractivity contribution is -0.754. The SMILES string of the molecule is CN1CCNC(=O)[C@]1(C)c1ccc(N[N+]2(C)C=C(C3CCC(NC(=O)c4cc5c(s4)CCCC5)CN3)N=CC2=O)cc1. The second-order valence-corrected chi connectivity index (χ2v) is 13.3. The van der Waals surface area contributed by atoms with Gasteiger partial charge in [-0.1, -0.05) is 12.1 Å². The van der Waals surface area contributed by atoms with Gasteiger partial charge >= 0.3 is 5.91 Å². The Bertz CT molecular complexity index is 1420. The fourth-order valence-electron chi connectivity index (χ4n) is 6.36. The van der Waals surface area contributed by atoms with E-state index >= 15 is 0 Å². The lowest BCUT2D eigenvalue weighted by Gasteiger charge is -2.41. The summed E-state index contributed by atoms with van der Waals surface area (Å²) in [6.45, 7) is 3.99. The molecule has 2 fully saturated rings. The number of hydrogen-bond acceptors (Lipinski definition) is 8. The van der Waals surface area contributed by atoms with E-state index in [1.165, 1.54) is 29.5 Å². The van der Waals surface area contributed by atoms with Crippen LogP contribution in [0.5, 0.6) is 0 Å². The standard InChI is InChI=1S/C31H39N7O3S/c1-31(30(41)32-14-15-37(31)2)21-8-10-22(11-9-21)36-38(3)19-25(34-18-28(38)39)24-13-12-23(17-33-24)35-29(40)27-16-20-6-4-5-7-26(20)42-27/h8-11,16,18-19,23-24,33,36H,4-7,12-15,17H2,1-3H3,(H-,32,35,40,41)/p+1/t23?,24?,31-,38?/m0/s1. The van der Waals surface area contributed by atoms with Gasteiger partial charge in [-0.3, -0.25) is 14.5 Å². The number of aryl methyl sites for hydroxylation is 2. The highest BCUT2D eigenvalue weighted by molar-refractivity contribution is 7.14. The summed E-state index contributed by atoms with van der Waals surface area (Å²) in [4.78, 5) is 47.3. The van der Waals surface area contributed by atoms with Crippen LogP contribution in [0, 0.1) is 0 Å². The molecule has 3 amide bonds. The Balaban J connectivity index is 1.08. The summed E-state index contributed by atoms with van der Waals surface area (Å²) in [5, 5.41) is 9.71. The number of nitrogens with one attached hydrogen (secondary N) is 4. The lowest BCUT2D eigenvalue weighted by atomic mass is 9.87. The van der Waals surface area contributed by atoms with Crippen LogP contribution in [0.1, 0.15) is 58.3 Å². The van der Waals surface area contributed by atoms with Gasteiger partial charge in [-0.25, -0.2) is 15.2 Å². The molecule has 42 heavy (non-hydrogen) atoms. The predicted molar refractivity (Wildman–Crippen MR) is 164 cm³/mol. The van der Waals surface area contributed by atoms with Crippen molar-refractivity contribution in [2.75, 3.05) is 39.2 Å². The molecule has 0 radical (unpaired) electrons. The third-order valence-electron chi connectivity index (χ3n) is 9.25. The van der Waals surface area contributed by atoms with Crippen LogP contribution in [0.15, 0.2) is 47.2 Å². The van der Waals surface area contributed by atoms with Crippen molar-refractivity contribution in [1.82, 2.24) is 20.9 Å². The molecule has 0 saturated carbocycles. The van der Waals surface area contributed by atoms with E-state index in [0.29, 0.717) is 13.1 Å². The van der Waals surface area contributed by atoms with Crippen LogP contribution in [0.3, 0.4) is 0 Å². The van der Waals surface area contributed by atoms with E-state index in [4.69, 9.17) is 0 Å². The molecule has 6 rings (SSSR count). The first-order valence-electron chi connectivity index (χ1n) is 14.9.